The van der Waals surface area contributed by atoms with Crippen molar-refractivity contribution >= 4 is 10.9 Å². The van der Waals surface area contributed by atoms with E-state index in [0.717, 1.165) is 57.7 Å². The number of pyridine rings is 1. The summed E-state index contributed by atoms with van der Waals surface area (Å²) in [6.45, 7) is 0. The summed E-state index contributed by atoms with van der Waals surface area (Å²) in [7, 11) is 1.67. The van der Waals surface area contributed by atoms with Gasteiger partial charge in [0.25, 0.3) is 0 Å². The average Bonchev–Trinajstić information content (AvgIpc) is 3.49. The van der Waals surface area contributed by atoms with Crippen LogP contribution in [0.2, 0.25) is 0 Å². The number of nitrogens with one attached hydrogen (secondary N) is 1. The second-order valence-corrected chi connectivity index (χ2v) is 9.22. The Kier molecular flexibility index (Phi) is 5.49. The molecule has 6 heteroatoms. The minimum atomic E-state index is 0.210. The zero-order valence-corrected chi connectivity index (χ0v) is 19.7. The number of aromatic hydroxyl groups is 1. The number of ether oxygens (including phenoxy) is 1. The van der Waals surface area contributed by atoms with Crippen LogP contribution in [0.25, 0.3) is 39.0 Å². The summed E-state index contributed by atoms with van der Waals surface area (Å²) in [5.74, 6) is 1.38. The van der Waals surface area contributed by atoms with Crippen molar-refractivity contribution in [2.45, 2.75) is 38.0 Å². The number of nitrogens with zero attached hydrogens (tertiary/aromatic N) is 3. The zero-order valence-electron chi connectivity index (χ0n) is 19.7. The zero-order chi connectivity index (χ0) is 23.8. The first kappa shape index (κ1) is 21.5. The molecule has 35 heavy (non-hydrogen) atoms. The number of rotatable bonds is 5. The molecule has 3 heterocycles. The van der Waals surface area contributed by atoms with Crippen LogP contribution in [-0.2, 0) is 0 Å². The summed E-state index contributed by atoms with van der Waals surface area (Å²) >= 11 is 0. The molecule has 1 aliphatic carbocycles. The molecule has 6 rings (SSSR count). The summed E-state index contributed by atoms with van der Waals surface area (Å²) in [5, 5.41) is 20.2. The maximum Gasteiger partial charge on any atom is 0.222 e. The van der Waals surface area contributed by atoms with Crippen LogP contribution in [-0.4, -0.2) is 32.0 Å². The van der Waals surface area contributed by atoms with Crippen LogP contribution in [0.1, 0.15) is 43.7 Å². The fraction of sp³-hybridized carbons (Fsp3) is 0.241. The molecule has 0 aliphatic heterocycles. The molecule has 1 fully saturated rings. The highest BCUT2D eigenvalue weighted by molar-refractivity contribution is 5.99. The van der Waals surface area contributed by atoms with Gasteiger partial charge in [0, 0.05) is 35.3 Å². The first-order valence-corrected chi connectivity index (χ1v) is 12.2. The Morgan fingerprint density at radius 2 is 1.66 bits per heavy atom. The highest BCUT2D eigenvalue weighted by Crippen LogP contribution is 2.46. The van der Waals surface area contributed by atoms with E-state index in [0.29, 0.717) is 11.4 Å². The van der Waals surface area contributed by atoms with Gasteiger partial charge in [-0.3, -0.25) is 14.6 Å². The molecule has 0 radical (unpaired) electrons. The lowest BCUT2D eigenvalue weighted by molar-refractivity contribution is 0.414. The van der Waals surface area contributed by atoms with Gasteiger partial charge in [0.2, 0.25) is 5.88 Å². The molecular formula is C29H28N4O2. The van der Waals surface area contributed by atoms with Gasteiger partial charge >= 0.3 is 0 Å². The monoisotopic (exact) mass is 464 g/mol. The summed E-state index contributed by atoms with van der Waals surface area (Å²) in [5.41, 5.74) is 6.81. The van der Waals surface area contributed by atoms with Crippen molar-refractivity contribution in [3.63, 3.8) is 0 Å². The number of methoxy groups -OCH3 is 1. The Morgan fingerprint density at radius 1 is 0.914 bits per heavy atom. The summed E-state index contributed by atoms with van der Waals surface area (Å²) < 4.78 is 7.37. The van der Waals surface area contributed by atoms with Crippen molar-refractivity contribution in [3.05, 3.63) is 78.8 Å². The third-order valence-electron chi connectivity index (χ3n) is 7.17. The molecular weight excluding hydrogens is 436 g/mol. The highest BCUT2D eigenvalue weighted by Gasteiger charge is 2.29. The predicted octanol–water partition coefficient (Wildman–Crippen LogP) is 6.84. The van der Waals surface area contributed by atoms with Crippen molar-refractivity contribution in [2.75, 3.05) is 7.11 Å². The number of aromatic nitrogens is 4. The molecule has 0 spiro atoms. The maximum atomic E-state index is 11.4. The van der Waals surface area contributed by atoms with Crippen molar-refractivity contribution in [2.24, 2.45) is 0 Å². The number of hydrogen-bond donors (Lipinski definition) is 2. The van der Waals surface area contributed by atoms with E-state index in [-0.39, 0.29) is 5.88 Å². The van der Waals surface area contributed by atoms with Crippen LogP contribution in [0, 0.1) is 0 Å². The fourth-order valence-electron chi connectivity index (χ4n) is 5.41. The minimum Gasteiger partial charge on any atom is -0.497 e. The Balaban J connectivity index is 1.52. The predicted molar refractivity (Wildman–Crippen MR) is 138 cm³/mol. The third-order valence-corrected chi connectivity index (χ3v) is 7.17. The molecule has 5 aromatic rings. The largest absolute Gasteiger partial charge is 0.497 e. The van der Waals surface area contributed by atoms with Crippen molar-refractivity contribution in [1.29, 1.82) is 0 Å². The van der Waals surface area contributed by atoms with Crippen LogP contribution in [0.5, 0.6) is 11.6 Å². The van der Waals surface area contributed by atoms with Gasteiger partial charge in [0.05, 0.1) is 12.5 Å². The lowest BCUT2D eigenvalue weighted by Gasteiger charge is -2.24. The second kappa shape index (κ2) is 8.95. The van der Waals surface area contributed by atoms with Crippen LogP contribution in [0.3, 0.4) is 0 Å². The van der Waals surface area contributed by atoms with Gasteiger partial charge in [0.15, 0.2) is 0 Å². The molecule has 176 valence electrons. The van der Waals surface area contributed by atoms with E-state index in [9.17, 15) is 5.11 Å². The van der Waals surface area contributed by atoms with Crippen LogP contribution >= 0.6 is 0 Å². The summed E-state index contributed by atoms with van der Waals surface area (Å²) in [6.07, 6.45) is 9.54. The SMILES string of the molecule is COc1ccc(-c2n[nH]c3c(O)n(-c4ccc(-c5cccnc5)cc4)c(C4CCCCC4)c23)cc1. The maximum absolute atomic E-state index is 11.4. The molecule has 6 nitrogen and oxygen atoms in total. The molecule has 0 amide bonds. The van der Waals surface area contributed by atoms with E-state index in [2.05, 4.69) is 45.5 Å². The molecule has 0 unspecified atom stereocenters. The molecule has 1 saturated carbocycles. The van der Waals surface area contributed by atoms with Crippen molar-refractivity contribution < 1.29 is 9.84 Å². The fourth-order valence-corrected chi connectivity index (χ4v) is 5.41. The van der Waals surface area contributed by atoms with Crippen molar-refractivity contribution in [3.8, 4) is 39.7 Å². The van der Waals surface area contributed by atoms with Gasteiger partial charge in [-0.25, -0.2) is 0 Å². The van der Waals surface area contributed by atoms with Crippen molar-refractivity contribution in [1.82, 2.24) is 19.7 Å². The van der Waals surface area contributed by atoms with Gasteiger partial charge in [0.1, 0.15) is 17.0 Å². The Labute approximate surface area is 204 Å². The minimum absolute atomic E-state index is 0.210. The molecule has 0 atom stereocenters. The van der Waals surface area contributed by atoms with Crippen LogP contribution in [0.15, 0.2) is 73.1 Å². The number of benzene rings is 2. The van der Waals surface area contributed by atoms with Gasteiger partial charge in [-0.05, 0) is 66.4 Å². The Hall–Kier alpha value is -4.06. The smallest absolute Gasteiger partial charge is 0.222 e. The lowest BCUT2D eigenvalue weighted by atomic mass is 9.85. The highest BCUT2D eigenvalue weighted by atomic mass is 16.5. The Morgan fingerprint density at radius 3 is 2.34 bits per heavy atom. The second-order valence-electron chi connectivity index (χ2n) is 9.22. The number of H-pyrrole nitrogens is 1. The van der Waals surface area contributed by atoms with Crippen LogP contribution < -0.4 is 4.74 Å². The third kappa shape index (κ3) is 3.75. The lowest BCUT2D eigenvalue weighted by Crippen LogP contribution is -2.10. The number of hydrogen-bond acceptors (Lipinski definition) is 4. The molecule has 2 N–H and O–H groups in total. The normalized spacial score (nSPS) is 14.4. The Bertz CT molecular complexity index is 1450. The van der Waals surface area contributed by atoms with Crippen LogP contribution in [0.4, 0.5) is 0 Å². The van der Waals surface area contributed by atoms with Gasteiger partial charge in [-0.15, -0.1) is 0 Å². The molecule has 0 bridgehead atoms. The molecule has 0 saturated heterocycles. The quantitative estimate of drug-likeness (QED) is 0.298. The average molecular weight is 465 g/mol. The van der Waals surface area contributed by atoms with Gasteiger partial charge < -0.3 is 9.84 Å². The first-order chi connectivity index (χ1) is 17.2. The van der Waals surface area contributed by atoms with E-state index in [1.54, 1.807) is 13.3 Å². The number of fused-ring (bicyclic) bond motifs is 1. The molecule has 3 aromatic heterocycles. The topological polar surface area (TPSA) is 76.0 Å². The summed E-state index contributed by atoms with van der Waals surface area (Å²) in [6, 6.07) is 20.3. The van der Waals surface area contributed by atoms with E-state index in [4.69, 9.17) is 4.74 Å². The standard InChI is InChI=1S/C29H28N4O2/c1-35-24-15-11-20(12-16-24)26-25-27(32-31-26)29(34)33(28(25)21-6-3-2-4-7-21)23-13-9-19(10-14-23)22-8-5-17-30-18-22/h5,8-18,21,32,34H,2-4,6-7H2,1H3. The van der Waals surface area contributed by atoms with Gasteiger partial charge in [-0.1, -0.05) is 37.5 Å². The first-order valence-electron chi connectivity index (χ1n) is 12.2. The molecule has 2 aromatic carbocycles. The summed E-state index contributed by atoms with van der Waals surface area (Å²) in [4.78, 5) is 4.24. The van der Waals surface area contributed by atoms with E-state index >= 15 is 0 Å². The van der Waals surface area contributed by atoms with Gasteiger partial charge in [-0.2, -0.15) is 5.10 Å². The van der Waals surface area contributed by atoms with E-state index in [1.165, 1.54) is 19.3 Å². The number of aromatic amines is 1. The molecule has 1 aliphatic rings. The van der Waals surface area contributed by atoms with E-state index < -0.39 is 0 Å². The van der Waals surface area contributed by atoms with E-state index in [1.807, 2.05) is 41.1 Å².